The molecule has 1 fully saturated rings. The van der Waals surface area contributed by atoms with Crippen molar-refractivity contribution in [3.05, 3.63) is 0 Å². The smallest absolute Gasteiger partial charge is 0.0893 e. The third kappa shape index (κ3) is 3.94. The van der Waals surface area contributed by atoms with Crippen molar-refractivity contribution in [2.24, 2.45) is 0 Å². The molecule has 2 unspecified atom stereocenters. The van der Waals surface area contributed by atoms with E-state index in [9.17, 15) is 0 Å². The predicted octanol–water partition coefficient (Wildman–Crippen LogP) is -3.30. The highest BCUT2D eigenvalue weighted by atomic mass is 35.5. The van der Waals surface area contributed by atoms with Crippen molar-refractivity contribution >= 4 is 0 Å². The van der Waals surface area contributed by atoms with Crippen LogP contribution in [-0.2, 0) is 4.74 Å². The number of nitrogens with one attached hydrogen (secondary N) is 1. The summed E-state index contributed by atoms with van der Waals surface area (Å²) < 4.78 is 5.18. The van der Waals surface area contributed by atoms with Crippen LogP contribution in [0.3, 0.4) is 0 Å². The van der Waals surface area contributed by atoms with Crippen molar-refractivity contribution in [2.45, 2.75) is 31.9 Å². The fraction of sp³-hybridized carbons (Fsp3) is 1.00. The maximum atomic E-state index is 5.18. The van der Waals surface area contributed by atoms with E-state index in [4.69, 9.17) is 4.74 Å². The number of halogens is 1. The van der Waals surface area contributed by atoms with Gasteiger partial charge in [0.2, 0.25) is 0 Å². The maximum absolute atomic E-state index is 5.18. The van der Waals surface area contributed by atoms with Gasteiger partial charge in [0.1, 0.15) is 0 Å². The van der Waals surface area contributed by atoms with Gasteiger partial charge in [-0.25, -0.2) is 0 Å². The van der Waals surface area contributed by atoms with Gasteiger partial charge >= 0.3 is 0 Å². The van der Waals surface area contributed by atoms with Crippen molar-refractivity contribution in [3.63, 3.8) is 0 Å². The summed E-state index contributed by atoms with van der Waals surface area (Å²) in [7, 11) is 4.44. The standard InChI is InChI=1S/C8H17NO.ClH/c1-4-7(9(2)3)5-8-6-10-8;/h7-8H,4-6H2,1-3H3;1H. The van der Waals surface area contributed by atoms with E-state index in [-0.39, 0.29) is 12.4 Å². The molecule has 1 saturated heterocycles. The highest BCUT2D eigenvalue weighted by Gasteiger charge is 2.28. The van der Waals surface area contributed by atoms with Crippen molar-refractivity contribution < 1.29 is 22.0 Å². The van der Waals surface area contributed by atoms with Gasteiger partial charge < -0.3 is 22.0 Å². The molecule has 1 aliphatic rings. The molecule has 3 heteroatoms. The molecule has 1 aliphatic heterocycles. The Morgan fingerprint density at radius 1 is 1.55 bits per heavy atom. The van der Waals surface area contributed by atoms with Gasteiger partial charge in [-0.15, -0.1) is 0 Å². The quantitative estimate of drug-likeness (QED) is 0.448. The minimum atomic E-state index is 0. The molecule has 0 aromatic heterocycles. The summed E-state index contributed by atoms with van der Waals surface area (Å²) >= 11 is 0. The lowest BCUT2D eigenvalue weighted by Crippen LogP contribution is -3.10. The molecule has 2 atom stereocenters. The summed E-state index contributed by atoms with van der Waals surface area (Å²) in [5.41, 5.74) is 0. The molecule has 2 nitrogen and oxygen atoms in total. The molecule has 0 aliphatic carbocycles. The second kappa shape index (κ2) is 4.96. The van der Waals surface area contributed by atoms with Crippen LogP contribution in [0, 0.1) is 0 Å². The summed E-state index contributed by atoms with van der Waals surface area (Å²) in [4.78, 5) is 1.55. The van der Waals surface area contributed by atoms with Crippen LogP contribution in [0.15, 0.2) is 0 Å². The van der Waals surface area contributed by atoms with Crippen molar-refractivity contribution in [2.75, 3.05) is 20.7 Å². The summed E-state index contributed by atoms with van der Waals surface area (Å²) in [5.74, 6) is 0. The lowest BCUT2D eigenvalue weighted by Gasteiger charge is -2.18. The number of epoxide rings is 1. The van der Waals surface area contributed by atoms with Crippen LogP contribution in [0.2, 0.25) is 0 Å². The van der Waals surface area contributed by atoms with E-state index in [1.165, 1.54) is 12.8 Å². The molecule has 1 N–H and O–H groups in total. The molecule has 1 heterocycles. The molecule has 11 heavy (non-hydrogen) atoms. The third-order valence-corrected chi connectivity index (χ3v) is 2.26. The SMILES string of the molecule is CCC(CC1CO1)[NH+](C)C.[Cl-]. The Bertz CT molecular complexity index is 104. The van der Waals surface area contributed by atoms with Crippen molar-refractivity contribution in [1.29, 1.82) is 0 Å². The lowest BCUT2D eigenvalue weighted by molar-refractivity contribution is -0.886. The van der Waals surface area contributed by atoms with Crippen LogP contribution in [0.4, 0.5) is 0 Å². The zero-order valence-electron chi connectivity index (χ0n) is 7.56. The fourth-order valence-corrected chi connectivity index (χ4v) is 1.33. The van der Waals surface area contributed by atoms with Crippen LogP contribution >= 0.6 is 0 Å². The van der Waals surface area contributed by atoms with Gasteiger partial charge in [0.15, 0.2) is 0 Å². The van der Waals surface area contributed by atoms with Gasteiger partial charge in [-0.2, -0.15) is 0 Å². The van der Waals surface area contributed by atoms with E-state index in [1.807, 2.05) is 0 Å². The molecule has 0 bridgehead atoms. The van der Waals surface area contributed by atoms with Crippen molar-refractivity contribution in [1.82, 2.24) is 0 Å². The Morgan fingerprint density at radius 2 is 2.09 bits per heavy atom. The van der Waals surface area contributed by atoms with E-state index in [0.29, 0.717) is 6.10 Å². The summed E-state index contributed by atoms with van der Waals surface area (Å²) in [6.45, 7) is 3.25. The predicted molar refractivity (Wildman–Crippen MR) is 41.2 cm³/mol. The van der Waals surface area contributed by atoms with Gasteiger partial charge in [-0.1, -0.05) is 6.92 Å². The van der Waals surface area contributed by atoms with E-state index in [0.717, 1.165) is 12.6 Å². The van der Waals surface area contributed by atoms with Gasteiger partial charge in [0, 0.05) is 6.42 Å². The summed E-state index contributed by atoms with van der Waals surface area (Å²) in [6, 6.07) is 0.799. The third-order valence-electron chi connectivity index (χ3n) is 2.26. The van der Waals surface area contributed by atoms with Crippen LogP contribution in [0.5, 0.6) is 0 Å². The van der Waals surface area contributed by atoms with Gasteiger partial charge in [0.25, 0.3) is 0 Å². The topological polar surface area (TPSA) is 17.0 Å². The largest absolute Gasteiger partial charge is 1.00 e. The molecule has 1 rings (SSSR count). The van der Waals surface area contributed by atoms with E-state index < -0.39 is 0 Å². The summed E-state index contributed by atoms with van der Waals surface area (Å²) in [5, 5.41) is 0. The van der Waals surface area contributed by atoms with E-state index in [2.05, 4.69) is 21.0 Å². The molecule has 0 aromatic carbocycles. The summed E-state index contributed by atoms with van der Waals surface area (Å²) in [6.07, 6.45) is 3.11. The van der Waals surface area contributed by atoms with Crippen LogP contribution in [0.1, 0.15) is 19.8 Å². The Balaban J connectivity index is 0.000001000. The average Bonchev–Trinajstić information content (AvgIpc) is 2.64. The van der Waals surface area contributed by atoms with Crippen molar-refractivity contribution in [3.8, 4) is 0 Å². The Hall–Kier alpha value is 0.210. The first kappa shape index (κ1) is 11.2. The molecule has 0 aromatic rings. The average molecular weight is 180 g/mol. The van der Waals surface area contributed by atoms with Crippen LogP contribution in [0.25, 0.3) is 0 Å². The molecule has 0 spiro atoms. The molecule has 68 valence electrons. The van der Waals surface area contributed by atoms with Crippen LogP contribution < -0.4 is 17.3 Å². The Morgan fingerprint density at radius 3 is 2.36 bits per heavy atom. The Labute approximate surface area is 75.3 Å². The molecular formula is C8H18ClNO. The van der Waals surface area contributed by atoms with Crippen LogP contribution in [-0.4, -0.2) is 32.8 Å². The van der Waals surface area contributed by atoms with Gasteiger partial charge in [-0.3, -0.25) is 0 Å². The van der Waals surface area contributed by atoms with Gasteiger partial charge in [0.05, 0.1) is 32.8 Å². The first-order chi connectivity index (χ1) is 4.74. The van der Waals surface area contributed by atoms with Gasteiger partial charge in [-0.05, 0) is 6.42 Å². The number of quaternary nitrogens is 1. The maximum Gasteiger partial charge on any atom is 0.0893 e. The molecule has 0 amide bonds. The highest BCUT2D eigenvalue weighted by molar-refractivity contribution is 4.72. The van der Waals surface area contributed by atoms with E-state index >= 15 is 0 Å². The molecule has 0 saturated carbocycles. The minimum Gasteiger partial charge on any atom is -1.00 e. The first-order valence-electron chi connectivity index (χ1n) is 4.15. The second-order valence-electron chi connectivity index (χ2n) is 3.37. The highest BCUT2D eigenvalue weighted by Crippen LogP contribution is 2.15. The molecule has 0 radical (unpaired) electrons. The van der Waals surface area contributed by atoms with E-state index in [1.54, 1.807) is 4.90 Å². The Kier molecular flexibility index (Phi) is 5.06. The minimum absolute atomic E-state index is 0. The monoisotopic (exact) mass is 179 g/mol. The normalized spacial score (nSPS) is 24.5. The molecular weight excluding hydrogens is 162 g/mol. The first-order valence-corrected chi connectivity index (χ1v) is 4.15. The fourth-order valence-electron chi connectivity index (χ4n) is 1.33. The number of ether oxygens (including phenoxy) is 1. The number of hydrogen-bond acceptors (Lipinski definition) is 1. The second-order valence-corrected chi connectivity index (χ2v) is 3.37. The number of hydrogen-bond donors (Lipinski definition) is 1. The zero-order chi connectivity index (χ0) is 7.56. The lowest BCUT2D eigenvalue weighted by atomic mass is 10.1. The number of rotatable bonds is 4. The zero-order valence-corrected chi connectivity index (χ0v) is 8.32.